The van der Waals surface area contributed by atoms with Crippen LogP contribution in [0.4, 0.5) is 0 Å². The maximum atomic E-state index is 12.0. The SMILES string of the molecule is Cc1noc(C)c1CNC(=O)C1CC2CC2C1. The molecule has 0 spiro atoms. The summed E-state index contributed by atoms with van der Waals surface area (Å²) < 4.78 is 5.08. The van der Waals surface area contributed by atoms with Gasteiger partial charge in [0.2, 0.25) is 5.91 Å². The Hall–Kier alpha value is -1.32. The van der Waals surface area contributed by atoms with E-state index >= 15 is 0 Å². The Bertz CT molecular complexity index is 423. The van der Waals surface area contributed by atoms with Gasteiger partial charge in [-0.25, -0.2) is 0 Å². The molecule has 0 saturated heterocycles. The van der Waals surface area contributed by atoms with Crippen molar-refractivity contribution in [2.24, 2.45) is 17.8 Å². The highest BCUT2D eigenvalue weighted by Crippen LogP contribution is 2.54. The van der Waals surface area contributed by atoms with Crippen molar-refractivity contribution in [3.8, 4) is 0 Å². The molecule has 1 amide bonds. The van der Waals surface area contributed by atoms with Crippen molar-refractivity contribution in [3.05, 3.63) is 17.0 Å². The number of nitrogens with zero attached hydrogens (tertiary/aromatic N) is 1. The summed E-state index contributed by atoms with van der Waals surface area (Å²) in [5.74, 6) is 2.96. The van der Waals surface area contributed by atoms with Crippen LogP contribution in [0.3, 0.4) is 0 Å². The van der Waals surface area contributed by atoms with Crippen LogP contribution >= 0.6 is 0 Å². The Labute approximate surface area is 101 Å². The molecule has 4 nitrogen and oxygen atoms in total. The van der Waals surface area contributed by atoms with Gasteiger partial charge in [0.25, 0.3) is 0 Å². The molecule has 2 aliphatic carbocycles. The molecule has 0 aromatic carbocycles. The lowest BCUT2D eigenvalue weighted by molar-refractivity contribution is -0.125. The van der Waals surface area contributed by atoms with Crippen molar-refractivity contribution in [1.29, 1.82) is 0 Å². The van der Waals surface area contributed by atoms with Crippen molar-refractivity contribution in [2.75, 3.05) is 0 Å². The van der Waals surface area contributed by atoms with Gasteiger partial charge in [-0.2, -0.15) is 0 Å². The number of rotatable bonds is 3. The average molecular weight is 234 g/mol. The highest BCUT2D eigenvalue weighted by molar-refractivity contribution is 5.79. The molecular weight excluding hydrogens is 216 g/mol. The van der Waals surface area contributed by atoms with Gasteiger partial charge in [-0.05, 0) is 44.9 Å². The molecule has 1 heterocycles. The van der Waals surface area contributed by atoms with E-state index in [2.05, 4.69) is 10.5 Å². The van der Waals surface area contributed by atoms with Crippen molar-refractivity contribution < 1.29 is 9.32 Å². The Morgan fingerprint density at radius 2 is 2.06 bits per heavy atom. The number of hydrogen-bond acceptors (Lipinski definition) is 3. The van der Waals surface area contributed by atoms with E-state index in [4.69, 9.17) is 4.52 Å². The van der Waals surface area contributed by atoms with Gasteiger partial charge in [0.1, 0.15) is 5.76 Å². The molecule has 0 radical (unpaired) electrons. The third-order valence-electron chi connectivity index (χ3n) is 4.23. The Morgan fingerprint density at radius 1 is 1.35 bits per heavy atom. The van der Waals surface area contributed by atoms with Crippen LogP contribution in [0.5, 0.6) is 0 Å². The van der Waals surface area contributed by atoms with E-state index in [1.54, 1.807) is 0 Å². The molecule has 1 N–H and O–H groups in total. The lowest BCUT2D eigenvalue weighted by Gasteiger charge is -2.11. The molecule has 0 bridgehead atoms. The first-order chi connectivity index (χ1) is 8.15. The quantitative estimate of drug-likeness (QED) is 0.869. The van der Waals surface area contributed by atoms with E-state index in [1.807, 2.05) is 13.8 Å². The number of nitrogens with one attached hydrogen (secondary N) is 1. The summed E-state index contributed by atoms with van der Waals surface area (Å²) in [6.07, 6.45) is 3.55. The molecule has 1 aromatic rings. The zero-order valence-electron chi connectivity index (χ0n) is 10.3. The monoisotopic (exact) mass is 234 g/mol. The summed E-state index contributed by atoms with van der Waals surface area (Å²) >= 11 is 0. The standard InChI is InChI=1S/C13H18N2O2/c1-7-12(8(2)17-15-7)6-14-13(16)11-4-9-3-10(9)5-11/h9-11H,3-6H2,1-2H3,(H,14,16). The van der Waals surface area contributed by atoms with Gasteiger partial charge in [0.15, 0.2) is 0 Å². The first kappa shape index (κ1) is 10.8. The molecule has 2 saturated carbocycles. The summed E-state index contributed by atoms with van der Waals surface area (Å²) in [6.45, 7) is 4.33. The fourth-order valence-electron chi connectivity index (χ4n) is 3.00. The van der Waals surface area contributed by atoms with Crippen molar-refractivity contribution in [3.63, 3.8) is 0 Å². The normalized spacial score (nSPS) is 30.1. The summed E-state index contributed by atoms with van der Waals surface area (Å²) in [5, 5.41) is 6.90. The van der Waals surface area contributed by atoms with Gasteiger partial charge in [-0.15, -0.1) is 0 Å². The van der Waals surface area contributed by atoms with Crippen LogP contribution in [0.15, 0.2) is 4.52 Å². The fourth-order valence-corrected chi connectivity index (χ4v) is 3.00. The predicted molar refractivity (Wildman–Crippen MR) is 62.1 cm³/mol. The van der Waals surface area contributed by atoms with Crippen LogP contribution in [-0.2, 0) is 11.3 Å². The van der Waals surface area contributed by atoms with Gasteiger partial charge in [-0.3, -0.25) is 4.79 Å². The third kappa shape index (κ3) is 1.96. The van der Waals surface area contributed by atoms with Crippen LogP contribution in [-0.4, -0.2) is 11.1 Å². The Morgan fingerprint density at radius 3 is 2.65 bits per heavy atom. The predicted octanol–water partition coefficient (Wildman–Crippen LogP) is 1.95. The topological polar surface area (TPSA) is 55.1 Å². The van der Waals surface area contributed by atoms with Gasteiger partial charge in [0, 0.05) is 18.0 Å². The molecule has 0 aliphatic heterocycles. The number of aromatic nitrogens is 1. The van der Waals surface area contributed by atoms with Crippen LogP contribution in [0.1, 0.15) is 36.3 Å². The number of carbonyl (C=O) groups excluding carboxylic acids is 1. The molecule has 3 rings (SSSR count). The minimum Gasteiger partial charge on any atom is -0.361 e. The molecular formula is C13H18N2O2. The Balaban J connectivity index is 1.55. The molecule has 92 valence electrons. The maximum absolute atomic E-state index is 12.0. The van der Waals surface area contributed by atoms with Crippen molar-refractivity contribution in [2.45, 2.75) is 39.7 Å². The summed E-state index contributed by atoms with van der Waals surface area (Å²) in [6, 6.07) is 0. The zero-order chi connectivity index (χ0) is 12.0. The number of hydrogen-bond donors (Lipinski definition) is 1. The molecule has 2 atom stereocenters. The van der Waals surface area contributed by atoms with Crippen LogP contribution in [0.2, 0.25) is 0 Å². The van der Waals surface area contributed by atoms with Crippen molar-refractivity contribution in [1.82, 2.24) is 10.5 Å². The second-order valence-electron chi connectivity index (χ2n) is 5.44. The Kier molecular flexibility index (Phi) is 2.45. The minimum absolute atomic E-state index is 0.206. The zero-order valence-corrected chi connectivity index (χ0v) is 10.3. The van der Waals surface area contributed by atoms with E-state index in [0.717, 1.165) is 41.7 Å². The molecule has 4 heteroatoms. The smallest absolute Gasteiger partial charge is 0.223 e. The van der Waals surface area contributed by atoms with Crippen LogP contribution < -0.4 is 5.32 Å². The minimum atomic E-state index is 0.206. The molecule has 2 aliphatic rings. The molecule has 1 aromatic heterocycles. The summed E-state index contributed by atoms with van der Waals surface area (Å²) in [5.41, 5.74) is 1.89. The van der Waals surface area contributed by atoms with Crippen LogP contribution in [0.25, 0.3) is 0 Å². The van der Waals surface area contributed by atoms with E-state index in [9.17, 15) is 4.79 Å². The van der Waals surface area contributed by atoms with E-state index in [0.29, 0.717) is 6.54 Å². The first-order valence-electron chi connectivity index (χ1n) is 6.34. The van der Waals surface area contributed by atoms with E-state index < -0.39 is 0 Å². The van der Waals surface area contributed by atoms with Crippen LogP contribution in [0, 0.1) is 31.6 Å². The molecule has 2 fully saturated rings. The lowest BCUT2D eigenvalue weighted by atomic mass is 10.0. The maximum Gasteiger partial charge on any atom is 0.223 e. The number of aryl methyl sites for hydroxylation is 2. The summed E-state index contributed by atoms with van der Waals surface area (Å²) in [4.78, 5) is 12.0. The van der Waals surface area contributed by atoms with Gasteiger partial charge < -0.3 is 9.84 Å². The summed E-state index contributed by atoms with van der Waals surface area (Å²) in [7, 11) is 0. The molecule has 17 heavy (non-hydrogen) atoms. The number of fused-ring (bicyclic) bond motifs is 1. The number of carbonyl (C=O) groups is 1. The largest absolute Gasteiger partial charge is 0.361 e. The second kappa shape index (κ2) is 3.86. The molecule has 2 unspecified atom stereocenters. The van der Waals surface area contributed by atoms with Gasteiger partial charge in [-0.1, -0.05) is 5.16 Å². The van der Waals surface area contributed by atoms with E-state index in [-0.39, 0.29) is 11.8 Å². The highest BCUT2D eigenvalue weighted by atomic mass is 16.5. The lowest BCUT2D eigenvalue weighted by Crippen LogP contribution is -2.29. The fraction of sp³-hybridized carbons (Fsp3) is 0.692. The van der Waals surface area contributed by atoms with E-state index in [1.165, 1.54) is 6.42 Å². The number of amides is 1. The van der Waals surface area contributed by atoms with Crippen molar-refractivity contribution >= 4 is 5.91 Å². The second-order valence-corrected chi connectivity index (χ2v) is 5.44. The van der Waals surface area contributed by atoms with Gasteiger partial charge >= 0.3 is 0 Å². The average Bonchev–Trinajstić information content (AvgIpc) is 2.78. The first-order valence-corrected chi connectivity index (χ1v) is 6.34. The van der Waals surface area contributed by atoms with Gasteiger partial charge in [0.05, 0.1) is 5.69 Å². The third-order valence-corrected chi connectivity index (χ3v) is 4.23. The highest BCUT2D eigenvalue weighted by Gasteiger charge is 2.47.